The number of ether oxygens (including phenoxy) is 2. The number of hydrogen-bond donors (Lipinski definition) is 1. The molecule has 30 heavy (non-hydrogen) atoms. The van der Waals surface area contributed by atoms with E-state index in [9.17, 15) is 9.59 Å². The second-order valence-electron chi connectivity index (χ2n) is 7.15. The van der Waals surface area contributed by atoms with Crippen LogP contribution in [0.3, 0.4) is 0 Å². The molecule has 160 valence electrons. The second kappa shape index (κ2) is 9.95. The van der Waals surface area contributed by atoms with Gasteiger partial charge in [0, 0.05) is 41.9 Å². The van der Waals surface area contributed by atoms with Gasteiger partial charge >= 0.3 is 0 Å². The lowest BCUT2D eigenvalue weighted by Gasteiger charge is -2.34. The van der Waals surface area contributed by atoms with E-state index in [-0.39, 0.29) is 11.8 Å². The molecular formula is C22H26BrN3O4. The highest BCUT2D eigenvalue weighted by Gasteiger charge is 2.24. The van der Waals surface area contributed by atoms with Crippen molar-refractivity contribution in [1.29, 1.82) is 0 Å². The number of hydrogen-bond acceptors (Lipinski definition) is 5. The number of benzene rings is 2. The van der Waals surface area contributed by atoms with Crippen molar-refractivity contribution in [2.24, 2.45) is 0 Å². The number of carbonyl (C=O) groups excluding carboxylic acids is 2. The Kier molecular flexibility index (Phi) is 7.33. The van der Waals surface area contributed by atoms with E-state index in [0.717, 1.165) is 15.7 Å². The first-order valence-electron chi connectivity index (χ1n) is 9.71. The summed E-state index contributed by atoms with van der Waals surface area (Å²) in [4.78, 5) is 29.1. The third-order valence-corrected chi connectivity index (χ3v) is 5.61. The molecule has 8 heteroatoms. The van der Waals surface area contributed by atoms with Crippen LogP contribution < -0.4 is 14.8 Å². The summed E-state index contributed by atoms with van der Waals surface area (Å²) in [5, 5.41) is 2.96. The number of nitrogens with one attached hydrogen (secondary N) is 1. The number of carbonyl (C=O) groups is 2. The highest BCUT2D eigenvalue weighted by molar-refractivity contribution is 9.10. The third kappa shape index (κ3) is 5.31. The van der Waals surface area contributed by atoms with Gasteiger partial charge in [-0.05, 0) is 48.9 Å². The van der Waals surface area contributed by atoms with Crippen LogP contribution in [0.1, 0.15) is 15.9 Å². The van der Waals surface area contributed by atoms with Crippen LogP contribution in [0.4, 0.5) is 5.69 Å². The van der Waals surface area contributed by atoms with E-state index >= 15 is 0 Å². The molecule has 0 saturated carbocycles. The van der Waals surface area contributed by atoms with Gasteiger partial charge in [-0.15, -0.1) is 0 Å². The second-order valence-corrected chi connectivity index (χ2v) is 8.06. The normalized spacial score (nSPS) is 14.3. The maximum absolute atomic E-state index is 12.8. The lowest BCUT2D eigenvalue weighted by atomic mass is 10.1. The van der Waals surface area contributed by atoms with Gasteiger partial charge in [0.15, 0.2) is 11.5 Å². The van der Waals surface area contributed by atoms with E-state index in [1.807, 2.05) is 25.1 Å². The number of halogens is 1. The summed E-state index contributed by atoms with van der Waals surface area (Å²) in [5.74, 6) is 1.01. The summed E-state index contributed by atoms with van der Waals surface area (Å²) < 4.78 is 11.5. The predicted molar refractivity (Wildman–Crippen MR) is 119 cm³/mol. The van der Waals surface area contributed by atoms with Crippen LogP contribution in [0.25, 0.3) is 0 Å². The molecule has 1 fully saturated rings. The molecule has 1 heterocycles. The SMILES string of the molecule is COc1ccc(C(=O)N2CCN(CC(=O)Nc3ccc(Br)cc3C)CC2)cc1OC. The van der Waals surface area contributed by atoms with Gasteiger partial charge in [0.25, 0.3) is 5.91 Å². The maximum Gasteiger partial charge on any atom is 0.254 e. The molecule has 0 unspecified atom stereocenters. The first kappa shape index (κ1) is 22.1. The van der Waals surface area contributed by atoms with Gasteiger partial charge < -0.3 is 19.7 Å². The lowest BCUT2D eigenvalue weighted by molar-refractivity contribution is -0.117. The summed E-state index contributed by atoms with van der Waals surface area (Å²) in [7, 11) is 3.11. The number of aryl methyl sites for hydroxylation is 1. The highest BCUT2D eigenvalue weighted by atomic mass is 79.9. The predicted octanol–water partition coefficient (Wildman–Crippen LogP) is 3.17. The summed E-state index contributed by atoms with van der Waals surface area (Å²) in [6.45, 7) is 4.68. The van der Waals surface area contributed by atoms with Gasteiger partial charge in [-0.25, -0.2) is 0 Å². The molecule has 1 N–H and O–H groups in total. The van der Waals surface area contributed by atoms with Gasteiger partial charge in [0.2, 0.25) is 5.91 Å². The fraction of sp³-hybridized carbons (Fsp3) is 0.364. The number of methoxy groups -OCH3 is 2. The Hall–Kier alpha value is -2.58. The minimum absolute atomic E-state index is 0.0504. The van der Waals surface area contributed by atoms with Crippen molar-refractivity contribution in [3.8, 4) is 11.5 Å². The van der Waals surface area contributed by atoms with E-state index in [1.54, 1.807) is 37.3 Å². The number of anilines is 1. The molecule has 2 aromatic carbocycles. The number of amides is 2. The fourth-order valence-electron chi connectivity index (χ4n) is 3.42. The fourth-order valence-corrected chi connectivity index (χ4v) is 3.90. The average Bonchev–Trinajstić information content (AvgIpc) is 2.75. The van der Waals surface area contributed by atoms with Crippen molar-refractivity contribution < 1.29 is 19.1 Å². The first-order valence-corrected chi connectivity index (χ1v) is 10.5. The molecule has 0 bridgehead atoms. The van der Waals surface area contributed by atoms with Crippen LogP contribution >= 0.6 is 15.9 Å². The zero-order chi connectivity index (χ0) is 21.7. The summed E-state index contributed by atoms with van der Waals surface area (Å²) in [6, 6.07) is 10.9. The molecule has 0 radical (unpaired) electrons. The van der Waals surface area contributed by atoms with Crippen molar-refractivity contribution in [3.63, 3.8) is 0 Å². The Labute approximate surface area is 185 Å². The van der Waals surface area contributed by atoms with Gasteiger partial charge in [0.05, 0.1) is 20.8 Å². The lowest BCUT2D eigenvalue weighted by Crippen LogP contribution is -2.50. The largest absolute Gasteiger partial charge is 0.493 e. The number of nitrogens with zero attached hydrogens (tertiary/aromatic N) is 2. The molecule has 7 nitrogen and oxygen atoms in total. The molecule has 3 rings (SSSR count). The smallest absolute Gasteiger partial charge is 0.254 e. The molecule has 0 spiro atoms. The summed E-state index contributed by atoms with van der Waals surface area (Å²) in [6.07, 6.45) is 0. The van der Waals surface area contributed by atoms with Gasteiger partial charge in [-0.2, -0.15) is 0 Å². The monoisotopic (exact) mass is 475 g/mol. The van der Waals surface area contributed by atoms with E-state index in [4.69, 9.17) is 9.47 Å². The van der Waals surface area contributed by atoms with Gasteiger partial charge in [0.1, 0.15) is 0 Å². The minimum atomic E-state index is -0.0555. The molecule has 2 amide bonds. The van der Waals surface area contributed by atoms with E-state index in [2.05, 4.69) is 26.1 Å². The third-order valence-electron chi connectivity index (χ3n) is 5.12. The average molecular weight is 476 g/mol. The zero-order valence-electron chi connectivity index (χ0n) is 17.4. The van der Waals surface area contributed by atoms with Gasteiger partial charge in [-0.3, -0.25) is 14.5 Å². The standard InChI is InChI=1S/C22H26BrN3O4/c1-15-12-17(23)5-6-18(15)24-21(27)14-25-8-10-26(11-9-25)22(28)16-4-7-19(29-2)20(13-16)30-3/h4-7,12-13H,8-11,14H2,1-3H3,(H,24,27). The summed E-state index contributed by atoms with van der Waals surface area (Å²) in [5.41, 5.74) is 2.37. The van der Waals surface area contributed by atoms with Crippen molar-refractivity contribution in [2.45, 2.75) is 6.92 Å². The van der Waals surface area contributed by atoms with Crippen molar-refractivity contribution >= 4 is 33.4 Å². The molecule has 2 aromatic rings. The van der Waals surface area contributed by atoms with Crippen LogP contribution in [-0.2, 0) is 4.79 Å². The van der Waals surface area contributed by atoms with E-state index < -0.39 is 0 Å². The maximum atomic E-state index is 12.8. The molecule has 1 saturated heterocycles. The van der Waals surface area contributed by atoms with E-state index in [1.165, 1.54) is 0 Å². The van der Waals surface area contributed by atoms with Crippen LogP contribution in [0.15, 0.2) is 40.9 Å². The topological polar surface area (TPSA) is 71.1 Å². The molecule has 1 aliphatic rings. The molecule has 1 aliphatic heterocycles. The quantitative estimate of drug-likeness (QED) is 0.694. The molecule has 0 aromatic heterocycles. The van der Waals surface area contributed by atoms with E-state index in [0.29, 0.717) is 49.8 Å². The van der Waals surface area contributed by atoms with Crippen molar-refractivity contribution in [1.82, 2.24) is 9.80 Å². The first-order chi connectivity index (χ1) is 14.4. The number of piperazine rings is 1. The van der Waals surface area contributed by atoms with Crippen LogP contribution in [0.5, 0.6) is 11.5 Å². The molecule has 0 atom stereocenters. The van der Waals surface area contributed by atoms with Gasteiger partial charge in [-0.1, -0.05) is 15.9 Å². The highest BCUT2D eigenvalue weighted by Crippen LogP contribution is 2.28. The zero-order valence-corrected chi connectivity index (χ0v) is 19.0. The Bertz CT molecular complexity index is 927. The Morgan fingerprint density at radius 2 is 1.70 bits per heavy atom. The molecular weight excluding hydrogens is 450 g/mol. The Morgan fingerprint density at radius 1 is 1.00 bits per heavy atom. The summed E-state index contributed by atoms with van der Waals surface area (Å²) >= 11 is 3.43. The Morgan fingerprint density at radius 3 is 2.33 bits per heavy atom. The minimum Gasteiger partial charge on any atom is -0.493 e. The van der Waals surface area contributed by atoms with Crippen molar-refractivity contribution in [2.75, 3.05) is 52.3 Å². The number of rotatable bonds is 6. The van der Waals surface area contributed by atoms with Crippen LogP contribution in [-0.4, -0.2) is 68.6 Å². The Balaban J connectivity index is 1.53. The van der Waals surface area contributed by atoms with Crippen molar-refractivity contribution in [3.05, 3.63) is 52.0 Å². The van der Waals surface area contributed by atoms with Crippen LogP contribution in [0.2, 0.25) is 0 Å². The van der Waals surface area contributed by atoms with Crippen LogP contribution in [0, 0.1) is 6.92 Å². The molecule has 0 aliphatic carbocycles.